The molecule has 0 aliphatic carbocycles. The van der Waals surface area contributed by atoms with Gasteiger partial charge in [-0.1, -0.05) is 28.1 Å². The molecule has 0 aromatic heterocycles. The van der Waals surface area contributed by atoms with Crippen LogP contribution >= 0.6 is 15.9 Å². The first kappa shape index (κ1) is 12.1. The van der Waals surface area contributed by atoms with E-state index >= 15 is 0 Å². The number of esters is 2. The second kappa shape index (κ2) is 5.31. The minimum Gasteiger partial charge on any atom is -0.463 e. The Balaban J connectivity index is 1.88. The SMILES string of the molecule is O=C(Cc1ccc(Br)cc1)O[C@H]1CCOC1=O. The fourth-order valence-corrected chi connectivity index (χ4v) is 1.82. The van der Waals surface area contributed by atoms with Gasteiger partial charge in [-0.25, -0.2) is 4.79 Å². The van der Waals surface area contributed by atoms with E-state index in [2.05, 4.69) is 15.9 Å². The molecule has 1 aromatic carbocycles. The molecule has 0 spiro atoms. The number of carbonyl (C=O) groups is 2. The number of carbonyl (C=O) groups excluding carboxylic acids is 2. The average Bonchev–Trinajstić information content (AvgIpc) is 2.68. The second-order valence-corrected chi connectivity index (χ2v) is 4.65. The van der Waals surface area contributed by atoms with E-state index in [9.17, 15) is 9.59 Å². The Bertz CT molecular complexity index is 427. The molecular formula is C12H11BrO4. The van der Waals surface area contributed by atoms with Gasteiger partial charge in [-0.2, -0.15) is 0 Å². The quantitative estimate of drug-likeness (QED) is 0.799. The van der Waals surface area contributed by atoms with E-state index in [4.69, 9.17) is 9.47 Å². The van der Waals surface area contributed by atoms with Crippen LogP contribution in [0.25, 0.3) is 0 Å². The molecule has 2 rings (SSSR count). The highest BCUT2D eigenvalue weighted by molar-refractivity contribution is 9.10. The summed E-state index contributed by atoms with van der Waals surface area (Å²) in [6, 6.07) is 7.37. The van der Waals surface area contributed by atoms with Crippen LogP contribution in [0.5, 0.6) is 0 Å². The zero-order valence-corrected chi connectivity index (χ0v) is 10.6. The molecule has 1 aromatic rings. The summed E-state index contributed by atoms with van der Waals surface area (Å²) >= 11 is 3.31. The van der Waals surface area contributed by atoms with Crippen LogP contribution in [0.1, 0.15) is 12.0 Å². The molecule has 1 aliphatic heterocycles. The predicted molar refractivity (Wildman–Crippen MR) is 63.3 cm³/mol. The van der Waals surface area contributed by atoms with Crippen molar-refractivity contribution < 1.29 is 19.1 Å². The standard InChI is InChI=1S/C12H11BrO4/c13-9-3-1-8(2-4-9)7-11(14)17-10-5-6-16-12(10)15/h1-4,10H,5-7H2/t10-/m0/s1. The fraction of sp³-hybridized carbons (Fsp3) is 0.333. The molecule has 1 aliphatic rings. The first-order chi connectivity index (χ1) is 8.15. The number of benzene rings is 1. The minimum absolute atomic E-state index is 0.164. The monoisotopic (exact) mass is 298 g/mol. The molecule has 1 fully saturated rings. The van der Waals surface area contributed by atoms with Crippen molar-refractivity contribution in [1.29, 1.82) is 0 Å². The number of ether oxygens (including phenoxy) is 2. The molecule has 0 N–H and O–H groups in total. The zero-order chi connectivity index (χ0) is 12.3. The number of rotatable bonds is 3. The van der Waals surface area contributed by atoms with Gasteiger partial charge in [0.05, 0.1) is 13.0 Å². The van der Waals surface area contributed by atoms with Gasteiger partial charge in [-0.3, -0.25) is 4.79 Å². The molecule has 90 valence electrons. The zero-order valence-electron chi connectivity index (χ0n) is 9.02. The van der Waals surface area contributed by atoms with Crippen molar-refractivity contribution in [3.63, 3.8) is 0 Å². The number of halogens is 1. The van der Waals surface area contributed by atoms with Gasteiger partial charge in [0.15, 0.2) is 0 Å². The normalized spacial score (nSPS) is 18.9. The summed E-state index contributed by atoms with van der Waals surface area (Å²) in [5, 5.41) is 0. The topological polar surface area (TPSA) is 52.6 Å². The maximum absolute atomic E-state index is 11.6. The Kier molecular flexibility index (Phi) is 3.78. The summed E-state index contributed by atoms with van der Waals surface area (Å²) in [6.07, 6.45) is -0.111. The van der Waals surface area contributed by atoms with Crippen LogP contribution in [0.3, 0.4) is 0 Å². The first-order valence-electron chi connectivity index (χ1n) is 5.26. The number of cyclic esters (lactones) is 1. The van der Waals surface area contributed by atoms with Crippen molar-refractivity contribution in [3.8, 4) is 0 Å². The van der Waals surface area contributed by atoms with Gasteiger partial charge in [-0.15, -0.1) is 0 Å². The molecule has 1 atom stereocenters. The van der Waals surface area contributed by atoms with Crippen LogP contribution in [0.4, 0.5) is 0 Å². The second-order valence-electron chi connectivity index (χ2n) is 3.74. The van der Waals surface area contributed by atoms with Crippen LogP contribution in [0.2, 0.25) is 0 Å². The lowest BCUT2D eigenvalue weighted by Gasteiger charge is -2.08. The summed E-state index contributed by atoms with van der Waals surface area (Å²) in [5.74, 6) is -0.856. The van der Waals surface area contributed by atoms with Crippen molar-refractivity contribution in [2.24, 2.45) is 0 Å². The van der Waals surface area contributed by atoms with Gasteiger partial charge in [0.1, 0.15) is 0 Å². The number of hydrogen-bond acceptors (Lipinski definition) is 4. The van der Waals surface area contributed by atoms with E-state index in [1.807, 2.05) is 24.3 Å². The number of hydrogen-bond donors (Lipinski definition) is 0. The minimum atomic E-state index is -0.724. The van der Waals surface area contributed by atoms with E-state index in [1.54, 1.807) is 0 Å². The van der Waals surface area contributed by atoms with E-state index in [1.165, 1.54) is 0 Å². The van der Waals surface area contributed by atoms with Crippen molar-refractivity contribution in [2.45, 2.75) is 18.9 Å². The Morgan fingerprint density at radius 3 is 2.71 bits per heavy atom. The lowest BCUT2D eigenvalue weighted by atomic mass is 10.1. The average molecular weight is 299 g/mol. The van der Waals surface area contributed by atoms with Gasteiger partial charge in [0.2, 0.25) is 6.10 Å². The summed E-state index contributed by atoms with van der Waals surface area (Å²) < 4.78 is 10.7. The largest absolute Gasteiger partial charge is 0.463 e. The van der Waals surface area contributed by atoms with Crippen LogP contribution in [0, 0.1) is 0 Å². The van der Waals surface area contributed by atoms with Gasteiger partial charge in [0, 0.05) is 10.9 Å². The summed E-state index contributed by atoms with van der Waals surface area (Å²) in [7, 11) is 0. The lowest BCUT2D eigenvalue weighted by molar-refractivity contribution is -0.159. The predicted octanol–water partition coefficient (Wildman–Crippen LogP) is 1.85. The smallest absolute Gasteiger partial charge is 0.347 e. The molecule has 17 heavy (non-hydrogen) atoms. The van der Waals surface area contributed by atoms with Crippen molar-refractivity contribution in [1.82, 2.24) is 0 Å². The Morgan fingerprint density at radius 1 is 1.41 bits per heavy atom. The van der Waals surface area contributed by atoms with E-state index in [0.29, 0.717) is 13.0 Å². The molecule has 4 nitrogen and oxygen atoms in total. The molecule has 0 unspecified atom stereocenters. The van der Waals surface area contributed by atoms with Crippen LogP contribution in [-0.4, -0.2) is 24.6 Å². The molecule has 1 saturated heterocycles. The van der Waals surface area contributed by atoms with Gasteiger partial charge in [-0.05, 0) is 17.7 Å². The first-order valence-corrected chi connectivity index (χ1v) is 6.05. The van der Waals surface area contributed by atoms with E-state index in [0.717, 1.165) is 10.0 Å². The molecule has 1 heterocycles. The van der Waals surface area contributed by atoms with Crippen LogP contribution in [-0.2, 0) is 25.5 Å². The summed E-state index contributed by atoms with van der Waals surface area (Å²) in [5.41, 5.74) is 0.851. The third-order valence-electron chi connectivity index (χ3n) is 2.42. The highest BCUT2D eigenvalue weighted by Gasteiger charge is 2.29. The molecule has 0 saturated carbocycles. The van der Waals surface area contributed by atoms with Crippen molar-refractivity contribution >= 4 is 27.9 Å². The third kappa shape index (κ3) is 3.30. The lowest BCUT2D eigenvalue weighted by Crippen LogP contribution is -2.23. The van der Waals surface area contributed by atoms with Crippen LogP contribution < -0.4 is 0 Å². The molecule has 0 radical (unpaired) electrons. The van der Waals surface area contributed by atoms with E-state index in [-0.39, 0.29) is 6.42 Å². The Labute approximate surface area is 107 Å². The van der Waals surface area contributed by atoms with Crippen molar-refractivity contribution in [2.75, 3.05) is 6.61 Å². The summed E-state index contributed by atoms with van der Waals surface area (Å²) in [6.45, 7) is 0.328. The van der Waals surface area contributed by atoms with Crippen molar-refractivity contribution in [3.05, 3.63) is 34.3 Å². The highest BCUT2D eigenvalue weighted by atomic mass is 79.9. The molecular weight excluding hydrogens is 288 g/mol. The molecule has 0 bridgehead atoms. The molecule has 5 heteroatoms. The maximum atomic E-state index is 11.6. The Hall–Kier alpha value is -1.36. The Morgan fingerprint density at radius 2 is 2.12 bits per heavy atom. The third-order valence-corrected chi connectivity index (χ3v) is 2.95. The van der Waals surface area contributed by atoms with Gasteiger partial charge < -0.3 is 9.47 Å². The summed E-state index contributed by atoms with van der Waals surface area (Å²) in [4.78, 5) is 22.7. The van der Waals surface area contributed by atoms with Gasteiger partial charge in [0.25, 0.3) is 0 Å². The highest BCUT2D eigenvalue weighted by Crippen LogP contribution is 2.14. The fourth-order valence-electron chi connectivity index (χ4n) is 1.55. The van der Waals surface area contributed by atoms with Gasteiger partial charge >= 0.3 is 11.9 Å². The van der Waals surface area contributed by atoms with Crippen LogP contribution in [0.15, 0.2) is 28.7 Å². The molecule has 0 amide bonds. The maximum Gasteiger partial charge on any atom is 0.347 e. The van der Waals surface area contributed by atoms with E-state index < -0.39 is 18.0 Å².